The summed E-state index contributed by atoms with van der Waals surface area (Å²) in [6.45, 7) is 2.30. The van der Waals surface area contributed by atoms with Crippen LogP contribution in [0.3, 0.4) is 0 Å². The molecular weight excluding hydrogens is 699 g/mol. The second-order valence-corrected chi connectivity index (χ2v) is 16.4. The molecule has 0 spiro atoms. The molecule has 0 saturated heterocycles. The zero-order valence-corrected chi connectivity index (χ0v) is 32.5. The number of allylic oxidation sites excluding steroid dienone is 4. The lowest BCUT2D eigenvalue weighted by molar-refractivity contribution is 0.800. The monoisotopic (exact) mass is 739 g/mol. The molecule has 1 nitrogen and oxygen atoms in total. The maximum atomic E-state index is 2.58. The molecule has 1 heteroatoms. The lowest BCUT2D eigenvalue weighted by Crippen LogP contribution is -2.28. The molecule has 0 fully saturated rings. The van der Waals surface area contributed by atoms with Crippen LogP contribution in [-0.2, 0) is 0 Å². The average molecular weight is 740 g/mol. The molecule has 274 valence electrons. The van der Waals surface area contributed by atoms with Crippen molar-refractivity contribution >= 4 is 88.3 Å². The average Bonchev–Trinajstić information content (AvgIpc) is 3.64. The first-order valence-electron chi connectivity index (χ1n) is 20.8. The minimum Gasteiger partial charge on any atom is -0.312 e. The molecule has 9 aromatic carbocycles. The molecule has 2 aliphatic carbocycles. The lowest BCUT2D eigenvalue weighted by Gasteiger charge is -2.20. The highest BCUT2D eigenvalue weighted by Gasteiger charge is 2.23. The number of nitrogens with zero attached hydrogens (tertiary/aromatic N) is 1. The maximum Gasteiger partial charge on any atom is 0.0622 e. The van der Waals surface area contributed by atoms with E-state index in [4.69, 9.17) is 0 Å². The van der Waals surface area contributed by atoms with Crippen molar-refractivity contribution in [3.05, 3.63) is 192 Å². The van der Waals surface area contributed by atoms with Gasteiger partial charge in [0.25, 0.3) is 0 Å². The molecule has 1 unspecified atom stereocenters. The van der Waals surface area contributed by atoms with Crippen LogP contribution in [0.1, 0.15) is 31.7 Å². The predicted molar refractivity (Wildman–Crippen MR) is 250 cm³/mol. The van der Waals surface area contributed by atoms with Crippen LogP contribution in [0.2, 0.25) is 0 Å². The zero-order chi connectivity index (χ0) is 38.3. The molecule has 58 heavy (non-hydrogen) atoms. The van der Waals surface area contributed by atoms with Crippen LogP contribution in [0.4, 0.5) is 0 Å². The number of benzene rings is 9. The van der Waals surface area contributed by atoms with E-state index in [1.54, 1.807) is 0 Å². The van der Waals surface area contributed by atoms with Gasteiger partial charge < -0.3 is 4.57 Å². The summed E-state index contributed by atoms with van der Waals surface area (Å²) >= 11 is 0. The summed E-state index contributed by atoms with van der Waals surface area (Å²) in [7, 11) is 0. The summed E-state index contributed by atoms with van der Waals surface area (Å²) in [6, 6.07) is 61.4. The Hall–Kier alpha value is -6.96. The van der Waals surface area contributed by atoms with Crippen LogP contribution < -0.4 is 10.4 Å². The van der Waals surface area contributed by atoms with Crippen LogP contribution in [0.15, 0.2) is 176 Å². The molecule has 1 aromatic heterocycles. The van der Waals surface area contributed by atoms with Gasteiger partial charge in [-0.3, -0.25) is 0 Å². The summed E-state index contributed by atoms with van der Waals surface area (Å²) in [6.07, 6.45) is 12.6. The lowest BCUT2D eigenvalue weighted by atomic mass is 9.88. The summed E-state index contributed by atoms with van der Waals surface area (Å²) in [5.41, 5.74) is 11.6. The van der Waals surface area contributed by atoms with Crippen LogP contribution in [0.5, 0.6) is 0 Å². The molecule has 0 amide bonds. The van der Waals surface area contributed by atoms with Gasteiger partial charge in [-0.05, 0) is 132 Å². The number of aromatic nitrogens is 1. The van der Waals surface area contributed by atoms with E-state index in [9.17, 15) is 0 Å². The zero-order valence-electron chi connectivity index (χ0n) is 32.5. The molecule has 0 radical (unpaired) electrons. The van der Waals surface area contributed by atoms with Crippen molar-refractivity contribution in [1.82, 2.24) is 4.57 Å². The predicted octanol–water partition coefficient (Wildman–Crippen LogP) is 14.1. The Balaban J connectivity index is 1.06. The molecular formula is C57H41N. The third-order valence-electron chi connectivity index (χ3n) is 13.0. The van der Waals surface area contributed by atoms with Crippen LogP contribution >= 0.6 is 0 Å². The molecule has 1 heterocycles. The minimum absolute atomic E-state index is 0.580. The van der Waals surface area contributed by atoms with Gasteiger partial charge in [0.15, 0.2) is 0 Å². The van der Waals surface area contributed by atoms with Crippen LogP contribution in [0, 0.1) is 5.92 Å². The normalized spacial score (nSPS) is 15.4. The van der Waals surface area contributed by atoms with Crippen molar-refractivity contribution in [2.75, 3.05) is 0 Å². The fourth-order valence-corrected chi connectivity index (χ4v) is 10.1. The number of fused-ring (bicyclic) bond motifs is 12. The van der Waals surface area contributed by atoms with Gasteiger partial charge in [0.1, 0.15) is 0 Å². The second kappa shape index (κ2) is 13.0. The summed E-state index contributed by atoms with van der Waals surface area (Å²) < 4.78 is 2.58. The molecule has 2 aliphatic rings. The number of hydrogen-bond donors (Lipinski definition) is 0. The molecule has 0 bridgehead atoms. The number of para-hydroxylation sites is 1. The smallest absolute Gasteiger partial charge is 0.0622 e. The summed E-state index contributed by atoms with van der Waals surface area (Å²) in [5.74, 6) is 0.580. The Bertz CT molecular complexity index is 3540. The van der Waals surface area contributed by atoms with E-state index in [0.717, 1.165) is 19.3 Å². The van der Waals surface area contributed by atoms with Gasteiger partial charge in [-0.2, -0.15) is 0 Å². The quantitative estimate of drug-likeness (QED) is 0.158. The first kappa shape index (κ1) is 33.2. The fraction of sp³-hybridized carbons (Fsp3) is 0.0877. The molecule has 12 rings (SSSR count). The number of rotatable bonds is 4. The maximum absolute atomic E-state index is 2.58. The SMILES string of the molecule is CC1C=c2cc(-c3ccc(-c4cc5c6ccccc6c6c(c7ccccc7n6C6=CC=C(c7ccc8ccccc8c7)CC6)c5c5ccccc45)cc3)ccc2=CC1. The van der Waals surface area contributed by atoms with Gasteiger partial charge in [-0.25, -0.2) is 0 Å². The van der Waals surface area contributed by atoms with Crippen molar-refractivity contribution in [3.8, 4) is 22.3 Å². The Morgan fingerprint density at radius 2 is 1.16 bits per heavy atom. The van der Waals surface area contributed by atoms with Crippen LogP contribution in [-0.4, -0.2) is 4.57 Å². The molecule has 0 saturated carbocycles. The van der Waals surface area contributed by atoms with E-state index < -0.39 is 0 Å². The van der Waals surface area contributed by atoms with Gasteiger partial charge in [-0.15, -0.1) is 0 Å². The summed E-state index contributed by atoms with van der Waals surface area (Å²) in [5, 5.41) is 15.7. The van der Waals surface area contributed by atoms with Gasteiger partial charge in [-0.1, -0.05) is 165 Å². The topological polar surface area (TPSA) is 4.93 Å². The van der Waals surface area contributed by atoms with Crippen molar-refractivity contribution < 1.29 is 0 Å². The van der Waals surface area contributed by atoms with E-state index in [2.05, 4.69) is 200 Å². The van der Waals surface area contributed by atoms with Crippen molar-refractivity contribution in [2.24, 2.45) is 5.92 Å². The first-order chi connectivity index (χ1) is 28.7. The Labute approximate surface area is 337 Å². The van der Waals surface area contributed by atoms with Crippen LogP contribution in [0.25, 0.3) is 111 Å². The first-order valence-corrected chi connectivity index (χ1v) is 20.8. The highest BCUT2D eigenvalue weighted by Crippen LogP contribution is 2.47. The third-order valence-corrected chi connectivity index (χ3v) is 13.0. The fourth-order valence-electron chi connectivity index (χ4n) is 10.1. The van der Waals surface area contributed by atoms with E-state index in [-0.39, 0.29) is 0 Å². The minimum atomic E-state index is 0.580. The number of hydrogen-bond acceptors (Lipinski definition) is 0. The largest absolute Gasteiger partial charge is 0.312 e. The molecule has 0 N–H and O–H groups in total. The standard InChI is InChI=1S/C57H41N/c1-36-18-19-40-23-27-44(34-45(40)32-36)38-20-24-41(25-21-38)52-35-53-48-13-5-7-15-50(48)57-56(55(53)49-14-6-4-12-47(49)52)51-16-8-9-17-54(51)58(57)46-30-28-39(29-31-46)43-26-22-37-10-2-3-11-42(37)33-43/h2-17,19-28,30,32-36H,18,29,31H2,1H3. The second-order valence-electron chi connectivity index (χ2n) is 16.4. The molecule has 10 aromatic rings. The highest BCUT2D eigenvalue weighted by molar-refractivity contribution is 6.38. The van der Waals surface area contributed by atoms with E-state index in [0.29, 0.717) is 5.92 Å². The van der Waals surface area contributed by atoms with E-state index >= 15 is 0 Å². The van der Waals surface area contributed by atoms with Gasteiger partial charge >= 0.3 is 0 Å². The van der Waals surface area contributed by atoms with Crippen molar-refractivity contribution in [1.29, 1.82) is 0 Å². The molecule has 1 atom stereocenters. The Morgan fingerprint density at radius 1 is 0.466 bits per heavy atom. The van der Waals surface area contributed by atoms with E-state index in [1.165, 1.54) is 114 Å². The third kappa shape index (κ3) is 5.16. The highest BCUT2D eigenvalue weighted by atomic mass is 15.0. The van der Waals surface area contributed by atoms with E-state index in [1.807, 2.05) is 0 Å². The van der Waals surface area contributed by atoms with Crippen molar-refractivity contribution in [3.63, 3.8) is 0 Å². The van der Waals surface area contributed by atoms with Gasteiger partial charge in [0.05, 0.1) is 11.0 Å². The Kier molecular flexibility index (Phi) is 7.47. The summed E-state index contributed by atoms with van der Waals surface area (Å²) in [4.78, 5) is 0. The van der Waals surface area contributed by atoms with Gasteiger partial charge in [0, 0.05) is 27.2 Å². The van der Waals surface area contributed by atoms with Gasteiger partial charge in [0.2, 0.25) is 0 Å². The van der Waals surface area contributed by atoms with Crippen molar-refractivity contribution in [2.45, 2.75) is 26.2 Å². The Morgan fingerprint density at radius 3 is 1.98 bits per heavy atom. The molecule has 0 aliphatic heterocycles.